The van der Waals surface area contributed by atoms with Crippen molar-refractivity contribution in [3.63, 3.8) is 0 Å². The summed E-state index contributed by atoms with van der Waals surface area (Å²) in [6.07, 6.45) is 7.98. The monoisotopic (exact) mass is 724 g/mol. The predicted octanol–water partition coefficient (Wildman–Crippen LogP) is 12.8. The number of fused-ring (bicyclic) bond motifs is 3. The Labute approximate surface area is 314 Å². The van der Waals surface area contributed by atoms with Crippen LogP contribution in [-0.4, -0.2) is 3.21 Å². The average molecular weight is 726 g/mol. The standard InChI is InChI=1S/C21H25.C15H14.C12H19.Zr/c1-20(2,3)16-7-9-18-14(12-16)11-15-13-17(21(4,5)6)8-10-19(15)18;1-12-3-7-14(8-4-12)11-15-9-5-13(2)6-10-15;1-6-10-7-9(2)8-11(10)12(3,4)5;/h7-10,12H,11H2,1-6H3;3-10H,1-2H3;8-9H,6H2,1-5H3;/q-1;;-1;+2. The molecule has 0 nitrogen and oxygen atoms in total. The summed E-state index contributed by atoms with van der Waals surface area (Å²) in [7, 11) is 0. The van der Waals surface area contributed by atoms with Gasteiger partial charge < -0.3 is 0 Å². The molecule has 0 radical (unpaired) electrons. The number of allylic oxidation sites excluding steroid dienone is 4. The number of aryl methyl sites for hydroxylation is 2. The van der Waals surface area contributed by atoms with Gasteiger partial charge in [-0.1, -0.05) is 118 Å². The molecule has 1 heteroatoms. The molecule has 0 aliphatic heterocycles. The van der Waals surface area contributed by atoms with Crippen LogP contribution in [0, 0.1) is 37.3 Å². The molecule has 6 rings (SSSR count). The molecular formula is C48H58Zr. The van der Waals surface area contributed by atoms with Crippen LogP contribution in [0.4, 0.5) is 0 Å². The Balaban J connectivity index is 0.000000173. The fourth-order valence-corrected chi connectivity index (χ4v) is 7.19. The Bertz CT molecular complexity index is 1710. The fraction of sp³-hybridized carbons (Fsp3) is 0.396. The van der Waals surface area contributed by atoms with Gasteiger partial charge in [0.05, 0.1) is 0 Å². The molecule has 254 valence electrons. The van der Waals surface area contributed by atoms with Gasteiger partial charge in [0.15, 0.2) is 0 Å². The molecule has 4 aromatic carbocycles. The molecule has 2 aliphatic carbocycles. The normalized spacial score (nSPS) is 15.2. The van der Waals surface area contributed by atoms with Gasteiger partial charge in [0.1, 0.15) is 0 Å². The topological polar surface area (TPSA) is 0 Å². The van der Waals surface area contributed by atoms with E-state index in [-0.39, 0.29) is 10.8 Å². The van der Waals surface area contributed by atoms with Gasteiger partial charge in [0, 0.05) is 0 Å². The second-order valence-corrected chi connectivity index (χ2v) is 18.2. The number of hydrogen-bond donors (Lipinski definition) is 0. The zero-order valence-electron chi connectivity index (χ0n) is 32.6. The second-order valence-electron chi connectivity index (χ2n) is 17.0. The van der Waals surface area contributed by atoms with Crippen LogP contribution in [-0.2, 0) is 41.5 Å². The second kappa shape index (κ2) is 15.6. The molecule has 1 atom stereocenters. The van der Waals surface area contributed by atoms with Crippen LogP contribution in [0.3, 0.4) is 0 Å². The van der Waals surface area contributed by atoms with Crippen molar-refractivity contribution in [3.8, 4) is 11.1 Å². The first-order valence-electron chi connectivity index (χ1n) is 18.0. The van der Waals surface area contributed by atoms with Gasteiger partial charge in [0.25, 0.3) is 0 Å². The van der Waals surface area contributed by atoms with Gasteiger partial charge in [-0.15, -0.1) is 11.1 Å². The van der Waals surface area contributed by atoms with Crippen molar-refractivity contribution in [2.45, 2.75) is 114 Å². The third kappa shape index (κ3) is 10.1. The Kier molecular flexibility index (Phi) is 12.4. The van der Waals surface area contributed by atoms with E-state index in [2.05, 4.69) is 187 Å². The summed E-state index contributed by atoms with van der Waals surface area (Å²) in [4.78, 5) is 0. The molecule has 0 spiro atoms. The molecule has 0 amide bonds. The van der Waals surface area contributed by atoms with Crippen LogP contribution < -0.4 is 0 Å². The molecular weight excluding hydrogens is 668 g/mol. The molecule has 1 unspecified atom stereocenters. The fourth-order valence-electron chi connectivity index (χ4n) is 6.37. The van der Waals surface area contributed by atoms with Crippen LogP contribution in [0.2, 0.25) is 0 Å². The van der Waals surface area contributed by atoms with Crippen molar-refractivity contribution in [1.29, 1.82) is 0 Å². The van der Waals surface area contributed by atoms with Crippen molar-refractivity contribution in [2.24, 2.45) is 11.3 Å². The van der Waals surface area contributed by atoms with E-state index >= 15 is 0 Å². The number of benzene rings is 4. The third-order valence-corrected chi connectivity index (χ3v) is 10.9. The van der Waals surface area contributed by atoms with Crippen molar-refractivity contribution in [3.05, 3.63) is 153 Å². The summed E-state index contributed by atoms with van der Waals surface area (Å²) < 4.78 is 1.42. The molecule has 2 aliphatic rings. The minimum absolute atomic E-state index is 0.167. The SMILES string of the molecule is CC(C)(C)c1[c-]c2c(cc1)-c1ccc(C(C)(C)C)cc1C2.CCC1=[C-]C(C)C=C1C(C)(C)C.Cc1ccc([C](=[Zr+2])c2ccc(C)cc2)cc1. The van der Waals surface area contributed by atoms with Gasteiger partial charge in [-0.3, -0.25) is 6.08 Å². The summed E-state index contributed by atoms with van der Waals surface area (Å²) in [5.41, 5.74) is 17.2. The molecule has 0 aromatic heterocycles. The Morgan fingerprint density at radius 3 is 1.67 bits per heavy atom. The molecule has 0 bridgehead atoms. The zero-order valence-corrected chi connectivity index (χ0v) is 35.0. The number of rotatable bonds is 3. The van der Waals surface area contributed by atoms with Crippen molar-refractivity contribution in [2.75, 3.05) is 0 Å². The molecule has 0 N–H and O–H groups in total. The summed E-state index contributed by atoms with van der Waals surface area (Å²) in [5.74, 6) is 0.522. The first-order valence-corrected chi connectivity index (χ1v) is 19.3. The molecule has 0 heterocycles. The summed E-state index contributed by atoms with van der Waals surface area (Å²) in [5, 5.41) is 0. The quantitative estimate of drug-likeness (QED) is 0.162. The maximum atomic E-state index is 3.67. The van der Waals surface area contributed by atoms with Crippen molar-refractivity contribution in [1.82, 2.24) is 0 Å². The summed E-state index contributed by atoms with van der Waals surface area (Å²) in [6.45, 7) is 29.1. The summed E-state index contributed by atoms with van der Waals surface area (Å²) >= 11 is 1.46. The van der Waals surface area contributed by atoms with E-state index in [1.54, 1.807) is 0 Å². The first-order chi connectivity index (χ1) is 22.8. The van der Waals surface area contributed by atoms with Gasteiger partial charge in [-0.2, -0.15) is 35.4 Å². The van der Waals surface area contributed by atoms with Crippen molar-refractivity contribution >= 4 is 3.21 Å². The van der Waals surface area contributed by atoms with Gasteiger partial charge in [0.2, 0.25) is 0 Å². The zero-order chi connectivity index (χ0) is 36.3. The number of hydrogen-bond acceptors (Lipinski definition) is 0. The van der Waals surface area contributed by atoms with Gasteiger partial charge >= 0.3 is 112 Å². The van der Waals surface area contributed by atoms with E-state index in [1.807, 2.05) is 0 Å². The van der Waals surface area contributed by atoms with Crippen LogP contribution in [0.15, 0.2) is 96.1 Å². The van der Waals surface area contributed by atoms with E-state index < -0.39 is 0 Å². The van der Waals surface area contributed by atoms with Crippen LogP contribution >= 0.6 is 0 Å². The van der Waals surface area contributed by atoms with Crippen molar-refractivity contribution < 1.29 is 24.2 Å². The molecule has 0 saturated heterocycles. The van der Waals surface area contributed by atoms with E-state index in [1.165, 1.54) is 94.2 Å². The molecule has 4 aromatic rings. The van der Waals surface area contributed by atoms with Gasteiger partial charge in [-0.25, -0.2) is 5.57 Å². The molecule has 49 heavy (non-hydrogen) atoms. The molecule has 0 saturated carbocycles. The van der Waals surface area contributed by atoms with Crippen LogP contribution in [0.1, 0.15) is 127 Å². The predicted molar refractivity (Wildman–Crippen MR) is 210 cm³/mol. The van der Waals surface area contributed by atoms with Gasteiger partial charge in [-0.05, 0) is 28.4 Å². The van der Waals surface area contributed by atoms with E-state index in [9.17, 15) is 0 Å². The van der Waals surface area contributed by atoms with E-state index in [4.69, 9.17) is 0 Å². The molecule has 0 fully saturated rings. The minimum atomic E-state index is 0.167. The third-order valence-electron chi connectivity index (χ3n) is 9.45. The van der Waals surface area contributed by atoms with Crippen LogP contribution in [0.25, 0.3) is 11.1 Å². The Hall–Kier alpha value is -2.89. The average Bonchev–Trinajstić information content (AvgIpc) is 3.60. The van der Waals surface area contributed by atoms with E-state index in [0.717, 1.165) is 12.8 Å². The Morgan fingerprint density at radius 1 is 0.694 bits per heavy atom. The van der Waals surface area contributed by atoms with Crippen LogP contribution in [0.5, 0.6) is 0 Å². The van der Waals surface area contributed by atoms with E-state index in [0.29, 0.717) is 11.3 Å². The first kappa shape index (κ1) is 38.9. The maximum absolute atomic E-state index is 3.67. The Morgan fingerprint density at radius 2 is 1.22 bits per heavy atom. The summed E-state index contributed by atoms with van der Waals surface area (Å²) in [6, 6.07) is 32.7.